The van der Waals surface area contributed by atoms with Crippen LogP contribution >= 0.6 is 0 Å². The summed E-state index contributed by atoms with van der Waals surface area (Å²) in [5.74, 6) is 0.0602. The van der Waals surface area contributed by atoms with Gasteiger partial charge < -0.3 is 20.1 Å². The largest absolute Gasteiger partial charge is 0.454 e. The lowest BCUT2D eigenvalue weighted by Gasteiger charge is -2.14. The van der Waals surface area contributed by atoms with Crippen molar-refractivity contribution in [1.29, 1.82) is 0 Å². The molecule has 0 bridgehead atoms. The number of fused-ring (bicyclic) bond motifs is 1. The Morgan fingerprint density at radius 3 is 2.40 bits per heavy atom. The van der Waals surface area contributed by atoms with Gasteiger partial charge in [0.1, 0.15) is 0 Å². The van der Waals surface area contributed by atoms with Gasteiger partial charge >= 0.3 is 0 Å². The zero-order valence-electron chi connectivity index (χ0n) is 19.5. The SMILES string of the molecule is Cc1ccc(NS(=O)(=O)c2ccc(C)c(NC(=O)CNC(=O)c3ccc4c(c3)OCO4)c2)c(C)c1. The van der Waals surface area contributed by atoms with Crippen molar-refractivity contribution in [3.8, 4) is 11.5 Å². The van der Waals surface area contributed by atoms with Crippen LogP contribution in [-0.2, 0) is 14.8 Å². The first kappa shape index (κ1) is 24.1. The molecule has 0 saturated carbocycles. The highest BCUT2D eigenvalue weighted by Gasteiger charge is 2.19. The molecule has 1 aliphatic heterocycles. The molecule has 3 N–H and O–H groups in total. The van der Waals surface area contributed by atoms with E-state index in [4.69, 9.17) is 9.47 Å². The summed E-state index contributed by atoms with van der Waals surface area (Å²) in [6, 6.07) is 14.6. The standard InChI is InChI=1S/C25H25N3O6S/c1-15-4-8-20(17(3)10-15)28-35(31,32)19-7-5-16(2)21(12-19)27-24(29)13-26-25(30)18-6-9-22-23(11-18)34-14-33-22/h4-12,28H,13-14H2,1-3H3,(H,26,30)(H,27,29). The summed E-state index contributed by atoms with van der Waals surface area (Å²) < 4.78 is 39.0. The van der Waals surface area contributed by atoms with Gasteiger partial charge in [-0.2, -0.15) is 0 Å². The maximum atomic E-state index is 12.9. The second-order valence-electron chi connectivity index (χ2n) is 8.20. The fourth-order valence-electron chi connectivity index (χ4n) is 3.53. The van der Waals surface area contributed by atoms with E-state index >= 15 is 0 Å². The maximum absolute atomic E-state index is 12.9. The van der Waals surface area contributed by atoms with Crippen molar-refractivity contribution in [2.24, 2.45) is 0 Å². The summed E-state index contributed by atoms with van der Waals surface area (Å²) in [7, 11) is -3.88. The van der Waals surface area contributed by atoms with Crippen LogP contribution in [0.1, 0.15) is 27.0 Å². The predicted octanol–water partition coefficient (Wildman–Crippen LogP) is 3.51. The molecule has 0 spiro atoms. The van der Waals surface area contributed by atoms with E-state index in [2.05, 4.69) is 15.4 Å². The molecular formula is C25H25N3O6S. The van der Waals surface area contributed by atoms with E-state index in [0.717, 1.165) is 11.1 Å². The van der Waals surface area contributed by atoms with Crippen LogP contribution in [0.25, 0.3) is 0 Å². The summed E-state index contributed by atoms with van der Waals surface area (Å²) >= 11 is 0. The summed E-state index contributed by atoms with van der Waals surface area (Å²) in [6.45, 7) is 5.29. The smallest absolute Gasteiger partial charge is 0.261 e. The van der Waals surface area contributed by atoms with E-state index in [-0.39, 0.29) is 18.2 Å². The fraction of sp³-hybridized carbons (Fsp3) is 0.200. The van der Waals surface area contributed by atoms with Gasteiger partial charge in [0.2, 0.25) is 12.7 Å². The lowest BCUT2D eigenvalue weighted by Crippen LogP contribution is -2.33. The molecule has 0 unspecified atom stereocenters. The van der Waals surface area contributed by atoms with Gasteiger partial charge in [-0.1, -0.05) is 23.8 Å². The summed E-state index contributed by atoms with van der Waals surface area (Å²) in [6.07, 6.45) is 0. The molecule has 0 atom stereocenters. The Morgan fingerprint density at radius 1 is 0.857 bits per heavy atom. The number of benzene rings is 3. The molecule has 0 aromatic heterocycles. The normalized spacial score (nSPS) is 12.2. The Labute approximate surface area is 203 Å². The highest BCUT2D eigenvalue weighted by Crippen LogP contribution is 2.32. The minimum absolute atomic E-state index is 0.00257. The van der Waals surface area contributed by atoms with Crippen molar-refractivity contribution in [3.63, 3.8) is 0 Å². The summed E-state index contributed by atoms with van der Waals surface area (Å²) in [4.78, 5) is 24.9. The van der Waals surface area contributed by atoms with Crippen LogP contribution in [0.5, 0.6) is 11.5 Å². The van der Waals surface area contributed by atoms with Gasteiger partial charge in [0, 0.05) is 11.3 Å². The average Bonchev–Trinajstić information content (AvgIpc) is 3.28. The van der Waals surface area contributed by atoms with Gasteiger partial charge in [0.05, 0.1) is 17.1 Å². The Balaban J connectivity index is 1.42. The minimum Gasteiger partial charge on any atom is -0.454 e. The lowest BCUT2D eigenvalue weighted by atomic mass is 10.1. The van der Waals surface area contributed by atoms with Gasteiger partial charge in [-0.25, -0.2) is 8.42 Å². The lowest BCUT2D eigenvalue weighted by molar-refractivity contribution is -0.115. The number of carbonyl (C=O) groups is 2. The van der Waals surface area contributed by atoms with E-state index in [1.165, 1.54) is 18.2 Å². The van der Waals surface area contributed by atoms with E-state index in [9.17, 15) is 18.0 Å². The number of amides is 2. The van der Waals surface area contributed by atoms with E-state index in [1.54, 1.807) is 31.2 Å². The molecule has 0 saturated heterocycles. The maximum Gasteiger partial charge on any atom is 0.261 e. The molecule has 9 nitrogen and oxygen atoms in total. The molecule has 1 heterocycles. The van der Waals surface area contributed by atoms with Crippen LogP contribution in [0.3, 0.4) is 0 Å². The van der Waals surface area contributed by atoms with E-state index < -0.39 is 21.8 Å². The first-order valence-corrected chi connectivity index (χ1v) is 12.3. The topological polar surface area (TPSA) is 123 Å². The van der Waals surface area contributed by atoms with Crippen molar-refractivity contribution in [2.45, 2.75) is 25.7 Å². The fourth-order valence-corrected chi connectivity index (χ4v) is 4.69. The van der Waals surface area contributed by atoms with Gasteiger partial charge in [-0.15, -0.1) is 0 Å². The second-order valence-corrected chi connectivity index (χ2v) is 9.88. The van der Waals surface area contributed by atoms with Crippen molar-refractivity contribution in [3.05, 3.63) is 76.9 Å². The van der Waals surface area contributed by atoms with Crippen LogP contribution in [-0.4, -0.2) is 33.6 Å². The Hall–Kier alpha value is -4.05. The Bertz CT molecular complexity index is 1420. The molecule has 0 fully saturated rings. The quantitative estimate of drug-likeness (QED) is 0.461. The number of sulfonamides is 1. The first-order chi connectivity index (χ1) is 16.6. The predicted molar refractivity (Wildman–Crippen MR) is 131 cm³/mol. The third-order valence-electron chi connectivity index (χ3n) is 5.46. The van der Waals surface area contributed by atoms with Crippen molar-refractivity contribution >= 4 is 33.2 Å². The third kappa shape index (κ3) is 5.55. The number of ether oxygens (including phenoxy) is 2. The van der Waals surface area contributed by atoms with E-state index in [1.807, 2.05) is 26.0 Å². The van der Waals surface area contributed by atoms with Crippen LogP contribution in [0.15, 0.2) is 59.5 Å². The van der Waals surface area contributed by atoms with Crippen LogP contribution in [0.2, 0.25) is 0 Å². The van der Waals surface area contributed by atoms with Crippen LogP contribution in [0, 0.1) is 20.8 Å². The van der Waals surface area contributed by atoms with Gasteiger partial charge in [0.15, 0.2) is 11.5 Å². The molecule has 3 aromatic rings. The van der Waals surface area contributed by atoms with Gasteiger partial charge in [-0.05, 0) is 68.3 Å². The number of carbonyl (C=O) groups excluding carboxylic acids is 2. The minimum atomic E-state index is -3.88. The molecule has 2 amide bonds. The third-order valence-corrected chi connectivity index (χ3v) is 6.83. The molecular weight excluding hydrogens is 470 g/mol. The number of aryl methyl sites for hydroxylation is 3. The second kappa shape index (κ2) is 9.67. The molecule has 1 aliphatic rings. The van der Waals surface area contributed by atoms with Crippen molar-refractivity contribution in [1.82, 2.24) is 5.32 Å². The van der Waals surface area contributed by atoms with Crippen molar-refractivity contribution < 1.29 is 27.5 Å². The van der Waals surface area contributed by atoms with Gasteiger partial charge in [-0.3, -0.25) is 14.3 Å². The van der Waals surface area contributed by atoms with Gasteiger partial charge in [0.25, 0.3) is 15.9 Å². The van der Waals surface area contributed by atoms with Crippen LogP contribution < -0.4 is 24.8 Å². The van der Waals surface area contributed by atoms with Crippen molar-refractivity contribution in [2.75, 3.05) is 23.4 Å². The van der Waals surface area contributed by atoms with Crippen LogP contribution in [0.4, 0.5) is 11.4 Å². The molecule has 0 radical (unpaired) electrons. The Kier molecular flexibility index (Phi) is 6.65. The number of nitrogens with one attached hydrogen (secondary N) is 3. The average molecular weight is 496 g/mol. The molecule has 35 heavy (non-hydrogen) atoms. The molecule has 182 valence electrons. The monoisotopic (exact) mass is 495 g/mol. The molecule has 10 heteroatoms. The molecule has 3 aromatic carbocycles. The molecule has 0 aliphatic carbocycles. The van der Waals surface area contributed by atoms with E-state index in [0.29, 0.717) is 34.0 Å². The Morgan fingerprint density at radius 2 is 1.63 bits per heavy atom. The summed E-state index contributed by atoms with van der Waals surface area (Å²) in [5.41, 5.74) is 3.63. The number of hydrogen-bond donors (Lipinski definition) is 3. The zero-order chi connectivity index (χ0) is 25.2. The highest BCUT2D eigenvalue weighted by molar-refractivity contribution is 7.92. The number of anilines is 2. The number of hydrogen-bond acceptors (Lipinski definition) is 6. The summed E-state index contributed by atoms with van der Waals surface area (Å²) in [5, 5.41) is 5.20. The first-order valence-electron chi connectivity index (χ1n) is 10.8. The molecule has 4 rings (SSSR count). The number of rotatable bonds is 7. The highest BCUT2D eigenvalue weighted by atomic mass is 32.2. The zero-order valence-corrected chi connectivity index (χ0v) is 20.3.